The summed E-state index contributed by atoms with van der Waals surface area (Å²) in [4.78, 5) is 2.48. The minimum absolute atomic E-state index is 1.08. The fourth-order valence-electron chi connectivity index (χ4n) is 9.63. The Kier molecular flexibility index (Phi) is 7.89. The van der Waals surface area contributed by atoms with E-state index in [4.69, 9.17) is 0 Å². The Labute approximate surface area is 348 Å². The molecule has 0 aliphatic carbocycles. The molecule has 0 saturated heterocycles. The molecule has 60 heavy (non-hydrogen) atoms. The Hall–Kier alpha value is -7.94. The van der Waals surface area contributed by atoms with Crippen molar-refractivity contribution in [3.63, 3.8) is 0 Å². The monoisotopic (exact) mass is 762 g/mol. The fourth-order valence-corrected chi connectivity index (χ4v) is 9.63. The van der Waals surface area contributed by atoms with Crippen LogP contribution in [0.5, 0.6) is 0 Å². The SMILES string of the molecule is c1ccc(-c2cccc(N(c3ccc(-c4ccccc4)c(-n4c5ccccc5c5c6ccccc6ccc54)c3)c3cc4ccc5ccccc5c4c4ccccc34)c2)cc1. The van der Waals surface area contributed by atoms with Crippen LogP contribution in [0.4, 0.5) is 17.1 Å². The van der Waals surface area contributed by atoms with E-state index in [1.807, 2.05) is 0 Å². The summed E-state index contributed by atoms with van der Waals surface area (Å²) in [6, 6.07) is 84.4. The largest absolute Gasteiger partial charge is 0.310 e. The second-order valence-corrected chi connectivity index (χ2v) is 15.7. The molecule has 0 unspecified atom stereocenters. The molecular weight excluding hydrogens is 725 g/mol. The first-order chi connectivity index (χ1) is 29.8. The van der Waals surface area contributed by atoms with E-state index in [2.05, 4.69) is 240 Å². The average Bonchev–Trinajstić information content (AvgIpc) is 3.67. The molecule has 0 amide bonds. The van der Waals surface area contributed by atoms with Gasteiger partial charge < -0.3 is 9.47 Å². The standard InChI is InChI=1S/C58H38N2/c1-3-16-39(17-4-1)43-22-15-23-45(36-43)59(55-37-44-31-30-41-20-7-9-24-48(41)57(44)51-27-12-11-26-50(51)55)46-33-34-47(40-18-5-2-6-19-40)56(38-46)60-53-29-14-13-28-52(53)58-49-25-10-8-21-42(49)32-35-54(58)60/h1-38H. The molecule has 2 nitrogen and oxygen atoms in total. The molecule has 280 valence electrons. The lowest BCUT2D eigenvalue weighted by Gasteiger charge is -2.29. The van der Waals surface area contributed by atoms with Gasteiger partial charge in [0.05, 0.1) is 22.4 Å². The van der Waals surface area contributed by atoms with Crippen LogP contribution in [-0.4, -0.2) is 4.57 Å². The van der Waals surface area contributed by atoms with Gasteiger partial charge in [-0.3, -0.25) is 0 Å². The third-order valence-corrected chi connectivity index (χ3v) is 12.3. The number of hydrogen-bond acceptors (Lipinski definition) is 1. The summed E-state index contributed by atoms with van der Waals surface area (Å²) in [6.07, 6.45) is 0. The van der Waals surface area contributed by atoms with Crippen LogP contribution in [0.2, 0.25) is 0 Å². The lowest BCUT2D eigenvalue weighted by molar-refractivity contribution is 1.17. The van der Waals surface area contributed by atoms with E-state index in [1.165, 1.54) is 87.1 Å². The number of aromatic nitrogens is 1. The molecule has 2 heteroatoms. The highest BCUT2D eigenvalue weighted by molar-refractivity contribution is 6.24. The first-order valence-corrected chi connectivity index (χ1v) is 20.7. The molecule has 0 aliphatic rings. The van der Waals surface area contributed by atoms with Crippen molar-refractivity contribution in [1.82, 2.24) is 4.57 Å². The molecule has 12 rings (SSSR count). The number of anilines is 3. The van der Waals surface area contributed by atoms with Gasteiger partial charge in [-0.15, -0.1) is 0 Å². The zero-order chi connectivity index (χ0) is 39.6. The number of fused-ring (bicyclic) bond motifs is 10. The second-order valence-electron chi connectivity index (χ2n) is 15.7. The third kappa shape index (κ3) is 5.42. The molecule has 0 saturated carbocycles. The summed E-state index contributed by atoms with van der Waals surface area (Å²) in [7, 11) is 0. The molecule has 0 atom stereocenters. The highest BCUT2D eigenvalue weighted by Crippen LogP contribution is 2.47. The molecule has 0 aliphatic heterocycles. The van der Waals surface area contributed by atoms with Crippen molar-refractivity contribution in [1.29, 1.82) is 0 Å². The van der Waals surface area contributed by atoms with E-state index in [1.54, 1.807) is 0 Å². The molecule has 1 heterocycles. The predicted molar refractivity (Wildman–Crippen MR) is 256 cm³/mol. The molecule has 1 aromatic heterocycles. The van der Waals surface area contributed by atoms with E-state index >= 15 is 0 Å². The molecule has 0 radical (unpaired) electrons. The maximum Gasteiger partial charge on any atom is 0.0561 e. The molecule has 0 fully saturated rings. The van der Waals surface area contributed by atoms with E-state index < -0.39 is 0 Å². The molecule has 12 aromatic rings. The van der Waals surface area contributed by atoms with Gasteiger partial charge in [0.15, 0.2) is 0 Å². The molecular formula is C58H38N2. The topological polar surface area (TPSA) is 8.17 Å². The number of para-hydroxylation sites is 1. The van der Waals surface area contributed by atoms with Gasteiger partial charge in [-0.2, -0.15) is 0 Å². The minimum atomic E-state index is 1.08. The quantitative estimate of drug-likeness (QED) is 0.153. The highest BCUT2D eigenvalue weighted by Gasteiger charge is 2.23. The second kappa shape index (κ2) is 13.9. The molecule has 0 bridgehead atoms. The van der Waals surface area contributed by atoms with Gasteiger partial charge in [-0.1, -0.05) is 188 Å². The Morgan fingerprint density at radius 1 is 0.300 bits per heavy atom. The van der Waals surface area contributed by atoms with E-state index in [-0.39, 0.29) is 0 Å². The van der Waals surface area contributed by atoms with Crippen LogP contribution in [0, 0.1) is 0 Å². The molecule has 11 aromatic carbocycles. The van der Waals surface area contributed by atoms with Crippen molar-refractivity contribution in [2.75, 3.05) is 4.90 Å². The predicted octanol–water partition coefficient (Wildman–Crippen LogP) is 16.2. The van der Waals surface area contributed by atoms with Crippen LogP contribution in [0.25, 0.3) is 92.8 Å². The van der Waals surface area contributed by atoms with E-state index in [0.29, 0.717) is 0 Å². The summed E-state index contributed by atoms with van der Waals surface area (Å²) in [6.45, 7) is 0. The first kappa shape index (κ1) is 34.1. The van der Waals surface area contributed by atoms with Crippen LogP contribution in [-0.2, 0) is 0 Å². The van der Waals surface area contributed by atoms with Crippen molar-refractivity contribution >= 4 is 82.0 Å². The van der Waals surface area contributed by atoms with Crippen molar-refractivity contribution in [3.8, 4) is 27.9 Å². The molecule has 0 spiro atoms. The van der Waals surface area contributed by atoms with Gasteiger partial charge in [0.2, 0.25) is 0 Å². The maximum absolute atomic E-state index is 2.49. The highest BCUT2D eigenvalue weighted by atomic mass is 15.1. The van der Waals surface area contributed by atoms with Crippen molar-refractivity contribution < 1.29 is 0 Å². The Morgan fingerprint density at radius 2 is 0.867 bits per heavy atom. The lowest BCUT2D eigenvalue weighted by atomic mass is 9.94. The van der Waals surface area contributed by atoms with Crippen molar-refractivity contribution in [2.24, 2.45) is 0 Å². The zero-order valence-electron chi connectivity index (χ0n) is 32.8. The number of rotatable bonds is 6. The minimum Gasteiger partial charge on any atom is -0.310 e. The normalized spacial score (nSPS) is 11.7. The van der Waals surface area contributed by atoms with Gasteiger partial charge in [0.25, 0.3) is 0 Å². The van der Waals surface area contributed by atoms with Crippen LogP contribution in [0.15, 0.2) is 231 Å². The van der Waals surface area contributed by atoms with Gasteiger partial charge in [-0.25, -0.2) is 0 Å². The number of hydrogen-bond donors (Lipinski definition) is 0. The van der Waals surface area contributed by atoms with Gasteiger partial charge >= 0.3 is 0 Å². The Balaban J connectivity index is 1.19. The van der Waals surface area contributed by atoms with Crippen LogP contribution in [0.1, 0.15) is 0 Å². The van der Waals surface area contributed by atoms with Gasteiger partial charge in [-0.05, 0) is 96.9 Å². The first-order valence-electron chi connectivity index (χ1n) is 20.7. The van der Waals surface area contributed by atoms with Crippen molar-refractivity contribution in [3.05, 3.63) is 231 Å². The van der Waals surface area contributed by atoms with E-state index in [9.17, 15) is 0 Å². The van der Waals surface area contributed by atoms with E-state index in [0.717, 1.165) is 22.7 Å². The smallest absolute Gasteiger partial charge is 0.0561 e. The lowest BCUT2D eigenvalue weighted by Crippen LogP contribution is -2.12. The Bertz CT molecular complexity index is 3600. The molecule has 0 N–H and O–H groups in total. The van der Waals surface area contributed by atoms with Crippen LogP contribution in [0.3, 0.4) is 0 Å². The number of nitrogens with zero attached hydrogens (tertiary/aromatic N) is 2. The summed E-state index contributed by atoms with van der Waals surface area (Å²) in [5.41, 5.74) is 11.5. The summed E-state index contributed by atoms with van der Waals surface area (Å²) >= 11 is 0. The summed E-state index contributed by atoms with van der Waals surface area (Å²) < 4.78 is 2.49. The maximum atomic E-state index is 2.49. The number of benzene rings is 11. The van der Waals surface area contributed by atoms with Gasteiger partial charge in [0, 0.05) is 33.1 Å². The summed E-state index contributed by atoms with van der Waals surface area (Å²) in [5, 5.41) is 12.5. The summed E-state index contributed by atoms with van der Waals surface area (Å²) in [5.74, 6) is 0. The van der Waals surface area contributed by atoms with Crippen molar-refractivity contribution in [2.45, 2.75) is 0 Å². The Morgan fingerprint density at radius 3 is 1.63 bits per heavy atom. The van der Waals surface area contributed by atoms with Crippen LogP contribution < -0.4 is 4.90 Å². The fraction of sp³-hybridized carbons (Fsp3) is 0. The third-order valence-electron chi connectivity index (χ3n) is 12.3. The zero-order valence-corrected chi connectivity index (χ0v) is 32.8. The average molecular weight is 763 g/mol. The van der Waals surface area contributed by atoms with Crippen LogP contribution >= 0.6 is 0 Å². The van der Waals surface area contributed by atoms with Gasteiger partial charge in [0.1, 0.15) is 0 Å².